The van der Waals surface area contributed by atoms with E-state index in [4.69, 9.17) is 5.11 Å². The third-order valence-electron chi connectivity index (χ3n) is 2.80. The molecule has 0 atom stereocenters. The number of aromatic hydroxyl groups is 1. The average Bonchev–Trinajstić information content (AvgIpc) is 2.79. The van der Waals surface area contributed by atoms with Gasteiger partial charge in [0.05, 0.1) is 17.4 Å². The van der Waals surface area contributed by atoms with Gasteiger partial charge in [0.1, 0.15) is 0 Å². The Morgan fingerprint density at radius 3 is 2.85 bits per heavy atom. The molecule has 3 rings (SSSR count). The first-order valence-corrected chi connectivity index (χ1v) is 6.42. The van der Waals surface area contributed by atoms with Gasteiger partial charge in [-0.05, 0) is 28.1 Å². The molecule has 0 saturated heterocycles. The Hall–Kier alpha value is -2.41. The van der Waals surface area contributed by atoms with Gasteiger partial charge in [-0.1, -0.05) is 12.1 Å². The van der Waals surface area contributed by atoms with Crippen molar-refractivity contribution >= 4 is 32.8 Å². The molecule has 6 nitrogen and oxygen atoms in total. The molecule has 2 aromatic heterocycles. The lowest BCUT2D eigenvalue weighted by Crippen LogP contribution is -2.02. The van der Waals surface area contributed by atoms with Gasteiger partial charge in [-0.2, -0.15) is 5.10 Å². The Morgan fingerprint density at radius 2 is 2.15 bits per heavy atom. The van der Waals surface area contributed by atoms with Crippen LogP contribution in [0.4, 0.5) is 0 Å². The van der Waals surface area contributed by atoms with E-state index in [9.17, 15) is 9.90 Å². The van der Waals surface area contributed by atoms with Crippen molar-refractivity contribution in [2.24, 2.45) is 0 Å². The van der Waals surface area contributed by atoms with Crippen molar-refractivity contribution in [2.75, 3.05) is 0 Å². The number of benzene rings is 1. The second-order valence-electron chi connectivity index (χ2n) is 4.12. The van der Waals surface area contributed by atoms with Crippen LogP contribution in [0.2, 0.25) is 0 Å². The molecule has 7 heteroatoms. The summed E-state index contributed by atoms with van der Waals surface area (Å²) in [6.07, 6.45) is 2.90. The number of aromatic carboxylic acids is 1. The molecule has 0 unspecified atom stereocenters. The van der Waals surface area contributed by atoms with Gasteiger partial charge in [-0.15, -0.1) is 0 Å². The van der Waals surface area contributed by atoms with Crippen LogP contribution in [0.3, 0.4) is 0 Å². The molecule has 3 aromatic rings. The number of nitrogens with zero attached hydrogens (tertiary/aromatic N) is 3. The summed E-state index contributed by atoms with van der Waals surface area (Å²) in [7, 11) is 0. The Labute approximate surface area is 121 Å². The van der Waals surface area contributed by atoms with Gasteiger partial charge in [0.2, 0.25) is 5.69 Å². The number of pyridine rings is 1. The van der Waals surface area contributed by atoms with Gasteiger partial charge in [0.15, 0.2) is 5.75 Å². The van der Waals surface area contributed by atoms with Gasteiger partial charge in [-0.25, -0.2) is 9.48 Å². The molecule has 0 spiro atoms. The van der Waals surface area contributed by atoms with Crippen LogP contribution in [0.1, 0.15) is 10.5 Å². The van der Waals surface area contributed by atoms with Gasteiger partial charge in [0.25, 0.3) is 0 Å². The van der Waals surface area contributed by atoms with Gasteiger partial charge < -0.3 is 10.2 Å². The first-order chi connectivity index (χ1) is 9.56. The van der Waals surface area contributed by atoms with E-state index < -0.39 is 5.97 Å². The highest BCUT2D eigenvalue weighted by atomic mass is 79.9. The minimum atomic E-state index is -1.28. The minimum Gasteiger partial charge on any atom is -0.504 e. The third kappa shape index (κ3) is 2.01. The molecule has 0 aliphatic heterocycles. The highest BCUT2D eigenvalue weighted by Gasteiger charge is 2.16. The molecule has 2 heterocycles. The number of rotatable bonds is 2. The fraction of sp³-hybridized carbons (Fsp3) is 0. The number of carboxylic acid groups (broad SMARTS) is 1. The average molecular weight is 334 g/mol. The second-order valence-corrected chi connectivity index (χ2v) is 5.03. The van der Waals surface area contributed by atoms with E-state index in [0.29, 0.717) is 11.2 Å². The van der Waals surface area contributed by atoms with Gasteiger partial charge in [-0.3, -0.25) is 4.98 Å². The van der Waals surface area contributed by atoms with E-state index in [1.165, 1.54) is 10.9 Å². The van der Waals surface area contributed by atoms with E-state index in [-0.39, 0.29) is 11.4 Å². The summed E-state index contributed by atoms with van der Waals surface area (Å²) in [6.45, 7) is 0. The Bertz CT molecular complexity index is 829. The predicted octanol–water partition coefficient (Wildman–Crippen LogP) is 2.59. The minimum absolute atomic E-state index is 0.383. The molecular formula is C13H8BrN3O3. The van der Waals surface area contributed by atoms with Crippen molar-refractivity contribution in [3.63, 3.8) is 0 Å². The number of hydrogen-bond donors (Lipinski definition) is 2. The molecule has 20 heavy (non-hydrogen) atoms. The lowest BCUT2D eigenvalue weighted by atomic mass is 10.2. The Morgan fingerprint density at radius 1 is 1.35 bits per heavy atom. The predicted molar refractivity (Wildman–Crippen MR) is 75.2 cm³/mol. The molecule has 0 amide bonds. The largest absolute Gasteiger partial charge is 0.504 e. The molecule has 1 aromatic carbocycles. The molecule has 2 N–H and O–H groups in total. The Balaban J connectivity index is 2.24. The highest BCUT2D eigenvalue weighted by molar-refractivity contribution is 9.10. The fourth-order valence-electron chi connectivity index (χ4n) is 1.94. The summed E-state index contributed by atoms with van der Waals surface area (Å²) in [6, 6.07) is 7.34. The SMILES string of the molecule is O=C(O)c1nn(-c2cccc3cc(Br)cnc23)cc1O. The zero-order chi connectivity index (χ0) is 14.3. The summed E-state index contributed by atoms with van der Waals surface area (Å²) >= 11 is 3.35. The molecule has 0 fully saturated rings. The van der Waals surface area contributed by atoms with Crippen molar-refractivity contribution in [1.29, 1.82) is 0 Å². The quantitative estimate of drug-likeness (QED) is 0.752. The van der Waals surface area contributed by atoms with Crippen LogP contribution in [0.25, 0.3) is 16.6 Å². The standard InChI is InChI=1S/C13H8BrN3O3/c14-8-4-7-2-1-3-9(11(7)15-5-8)17-6-10(18)12(16-17)13(19)20/h1-6,18H,(H,19,20). The number of aromatic nitrogens is 3. The summed E-state index contributed by atoms with van der Waals surface area (Å²) in [5.74, 6) is -1.66. The molecular weight excluding hydrogens is 326 g/mol. The molecule has 0 aliphatic rings. The molecule has 0 saturated carbocycles. The summed E-state index contributed by atoms with van der Waals surface area (Å²) in [5.41, 5.74) is 0.868. The van der Waals surface area contributed by atoms with Crippen LogP contribution in [-0.2, 0) is 0 Å². The van der Waals surface area contributed by atoms with Crippen molar-refractivity contribution in [3.05, 3.63) is 46.8 Å². The number of carbonyl (C=O) groups is 1. The highest BCUT2D eigenvalue weighted by Crippen LogP contribution is 2.25. The third-order valence-corrected chi connectivity index (χ3v) is 3.23. The molecule has 0 bridgehead atoms. The van der Waals surface area contributed by atoms with E-state index in [1.807, 2.05) is 18.2 Å². The van der Waals surface area contributed by atoms with E-state index in [2.05, 4.69) is 26.0 Å². The topological polar surface area (TPSA) is 88.2 Å². The maximum absolute atomic E-state index is 10.9. The van der Waals surface area contributed by atoms with Crippen molar-refractivity contribution in [2.45, 2.75) is 0 Å². The van der Waals surface area contributed by atoms with Crippen molar-refractivity contribution in [3.8, 4) is 11.4 Å². The number of halogens is 1. The van der Waals surface area contributed by atoms with Crippen LogP contribution in [0.15, 0.2) is 41.1 Å². The fourth-order valence-corrected chi connectivity index (χ4v) is 2.29. The van der Waals surface area contributed by atoms with E-state index in [0.717, 1.165) is 9.86 Å². The van der Waals surface area contributed by atoms with Crippen LogP contribution >= 0.6 is 15.9 Å². The summed E-state index contributed by atoms with van der Waals surface area (Å²) in [4.78, 5) is 15.2. The zero-order valence-corrected chi connectivity index (χ0v) is 11.6. The zero-order valence-electron chi connectivity index (χ0n) is 9.99. The first kappa shape index (κ1) is 12.6. The summed E-state index contributed by atoms with van der Waals surface area (Å²) in [5, 5.41) is 23.3. The normalized spacial score (nSPS) is 10.8. The first-order valence-electron chi connectivity index (χ1n) is 5.63. The van der Waals surface area contributed by atoms with Gasteiger partial charge in [0, 0.05) is 16.1 Å². The van der Waals surface area contributed by atoms with Crippen molar-refractivity contribution in [1.82, 2.24) is 14.8 Å². The number of carboxylic acids is 1. The summed E-state index contributed by atoms with van der Waals surface area (Å²) < 4.78 is 2.15. The maximum atomic E-state index is 10.9. The monoisotopic (exact) mass is 333 g/mol. The van der Waals surface area contributed by atoms with Crippen LogP contribution in [0, 0.1) is 0 Å². The Kier molecular flexibility index (Phi) is 2.90. The smallest absolute Gasteiger partial charge is 0.360 e. The second kappa shape index (κ2) is 4.61. The van der Waals surface area contributed by atoms with Crippen LogP contribution < -0.4 is 0 Å². The molecule has 0 radical (unpaired) electrons. The number of para-hydroxylation sites is 1. The lowest BCUT2D eigenvalue weighted by Gasteiger charge is -2.05. The lowest BCUT2D eigenvalue weighted by molar-refractivity contribution is 0.0687. The van der Waals surface area contributed by atoms with Crippen LogP contribution in [-0.4, -0.2) is 30.9 Å². The van der Waals surface area contributed by atoms with E-state index in [1.54, 1.807) is 12.3 Å². The van der Waals surface area contributed by atoms with Crippen LogP contribution in [0.5, 0.6) is 5.75 Å². The molecule has 0 aliphatic carbocycles. The number of fused-ring (bicyclic) bond motifs is 1. The van der Waals surface area contributed by atoms with Gasteiger partial charge >= 0.3 is 5.97 Å². The van der Waals surface area contributed by atoms with Crippen molar-refractivity contribution < 1.29 is 15.0 Å². The molecule has 100 valence electrons. The maximum Gasteiger partial charge on any atom is 0.360 e. The number of hydrogen-bond acceptors (Lipinski definition) is 4. The van der Waals surface area contributed by atoms with E-state index >= 15 is 0 Å².